The Morgan fingerprint density at radius 3 is 2.54 bits per heavy atom. The van der Waals surface area contributed by atoms with Gasteiger partial charge in [-0.1, -0.05) is 36.4 Å². The average Bonchev–Trinajstić information content (AvgIpc) is 3.64. The first-order valence-electron chi connectivity index (χ1n) is 16.3. The van der Waals surface area contributed by atoms with Gasteiger partial charge in [0.05, 0.1) is 16.8 Å². The van der Waals surface area contributed by atoms with Gasteiger partial charge in [0.15, 0.2) is 5.82 Å². The summed E-state index contributed by atoms with van der Waals surface area (Å²) in [5.41, 5.74) is 1.72. The minimum atomic E-state index is -4.33. The van der Waals surface area contributed by atoms with Crippen molar-refractivity contribution >= 4 is 27.5 Å². The molecule has 244 valence electrons. The van der Waals surface area contributed by atoms with Crippen LogP contribution in [0.25, 0.3) is 32.9 Å². The number of aryl methyl sites for hydroxylation is 1. The maximum absolute atomic E-state index is 16.8. The number of rotatable bonds is 9. The summed E-state index contributed by atoms with van der Waals surface area (Å²) in [5.74, 6) is -1.90. The fourth-order valence-corrected chi connectivity index (χ4v) is 7.84. The van der Waals surface area contributed by atoms with Crippen LogP contribution in [0.15, 0.2) is 42.6 Å². The Morgan fingerprint density at radius 2 is 1.78 bits per heavy atom. The van der Waals surface area contributed by atoms with Crippen molar-refractivity contribution in [2.75, 3.05) is 51.4 Å². The van der Waals surface area contributed by atoms with E-state index in [2.05, 4.69) is 19.9 Å². The van der Waals surface area contributed by atoms with Crippen LogP contribution in [0.2, 0.25) is 0 Å². The Balaban J connectivity index is 1.33. The molecule has 0 bridgehead atoms. The largest absolute Gasteiger partial charge is 0.461 e. The number of pyridine rings is 1. The molecular formula is C35H39F4N5O2. The number of methoxy groups -OCH3 is 1. The minimum Gasteiger partial charge on any atom is -0.461 e. The van der Waals surface area contributed by atoms with Gasteiger partial charge in [0, 0.05) is 38.6 Å². The van der Waals surface area contributed by atoms with Crippen LogP contribution in [-0.2, 0) is 11.2 Å². The van der Waals surface area contributed by atoms with E-state index in [0.29, 0.717) is 31.7 Å². The summed E-state index contributed by atoms with van der Waals surface area (Å²) in [6.07, 6.45) is 3.30. The van der Waals surface area contributed by atoms with Crippen LogP contribution < -0.4 is 9.64 Å². The van der Waals surface area contributed by atoms with Crippen molar-refractivity contribution in [3.63, 3.8) is 0 Å². The Hall–Kier alpha value is -3.57. The van der Waals surface area contributed by atoms with Crippen LogP contribution in [0.4, 0.5) is 23.4 Å². The van der Waals surface area contributed by atoms with Gasteiger partial charge in [-0.05, 0) is 80.8 Å². The molecule has 5 heterocycles. The molecule has 7 rings (SSSR count). The summed E-state index contributed by atoms with van der Waals surface area (Å²) in [4.78, 5) is 17.9. The number of aromatic nitrogens is 3. The Kier molecular flexibility index (Phi) is 8.48. The fourth-order valence-electron chi connectivity index (χ4n) is 7.84. The molecule has 0 radical (unpaired) electrons. The van der Waals surface area contributed by atoms with Crippen molar-refractivity contribution in [1.29, 1.82) is 0 Å². The molecule has 0 spiro atoms. The van der Waals surface area contributed by atoms with Crippen LogP contribution in [-0.4, -0.2) is 78.1 Å². The van der Waals surface area contributed by atoms with E-state index in [-0.39, 0.29) is 46.9 Å². The number of halogens is 4. The number of hydrogen-bond acceptors (Lipinski definition) is 7. The highest BCUT2D eigenvalue weighted by molar-refractivity contribution is 6.00. The Morgan fingerprint density at radius 1 is 1.00 bits per heavy atom. The monoisotopic (exact) mass is 637 g/mol. The Bertz CT molecular complexity index is 1720. The number of nitrogens with zero attached hydrogens (tertiary/aromatic N) is 5. The molecule has 2 aromatic heterocycles. The maximum atomic E-state index is 16.8. The third kappa shape index (κ3) is 5.76. The van der Waals surface area contributed by atoms with Gasteiger partial charge in [0.1, 0.15) is 23.6 Å². The SMILES string of the molecule is COCCCc1cccc2cccc(-c3ncc4c(N5CCCC(C(F)(F)F)C5)nc(OCC56CCCN5CCC6)nc4c3F)c12. The van der Waals surface area contributed by atoms with Crippen molar-refractivity contribution in [1.82, 2.24) is 19.9 Å². The number of benzene rings is 2. The van der Waals surface area contributed by atoms with Crippen molar-refractivity contribution < 1.29 is 27.0 Å². The smallest absolute Gasteiger partial charge is 0.393 e. The molecule has 2 aromatic carbocycles. The minimum absolute atomic E-state index is 0.000185. The molecule has 4 aromatic rings. The van der Waals surface area contributed by atoms with Crippen LogP contribution >= 0.6 is 0 Å². The summed E-state index contributed by atoms with van der Waals surface area (Å²) in [5, 5.41) is 2.14. The lowest BCUT2D eigenvalue weighted by Gasteiger charge is -2.35. The second kappa shape index (κ2) is 12.6. The number of alkyl halides is 3. The summed E-state index contributed by atoms with van der Waals surface area (Å²) in [7, 11) is 1.67. The molecule has 46 heavy (non-hydrogen) atoms. The van der Waals surface area contributed by atoms with Crippen LogP contribution in [0.1, 0.15) is 50.5 Å². The Labute approximate surface area is 265 Å². The van der Waals surface area contributed by atoms with Crippen molar-refractivity contribution in [3.05, 3.63) is 54.0 Å². The number of hydrogen-bond donors (Lipinski definition) is 0. The van der Waals surface area contributed by atoms with Crippen LogP contribution in [0, 0.1) is 11.7 Å². The molecule has 11 heteroatoms. The van der Waals surface area contributed by atoms with Crippen molar-refractivity contribution in [2.45, 2.75) is 63.1 Å². The van der Waals surface area contributed by atoms with E-state index in [1.165, 1.54) is 6.20 Å². The molecule has 1 atom stereocenters. The van der Waals surface area contributed by atoms with Crippen molar-refractivity contribution in [2.24, 2.45) is 5.92 Å². The predicted octanol–water partition coefficient (Wildman–Crippen LogP) is 7.35. The molecule has 0 amide bonds. The maximum Gasteiger partial charge on any atom is 0.393 e. The van der Waals surface area contributed by atoms with E-state index in [9.17, 15) is 13.2 Å². The second-order valence-corrected chi connectivity index (χ2v) is 13.0. The van der Waals surface area contributed by atoms with E-state index in [4.69, 9.17) is 9.47 Å². The topological polar surface area (TPSA) is 63.6 Å². The lowest BCUT2D eigenvalue weighted by atomic mass is 9.94. The van der Waals surface area contributed by atoms with Gasteiger partial charge in [0.2, 0.25) is 0 Å². The quantitative estimate of drug-likeness (QED) is 0.141. The van der Waals surface area contributed by atoms with E-state index < -0.39 is 17.9 Å². The summed E-state index contributed by atoms with van der Waals surface area (Å²) < 4.78 is 69.9. The zero-order chi connectivity index (χ0) is 31.9. The molecule has 3 saturated heterocycles. The van der Waals surface area contributed by atoms with Crippen molar-refractivity contribution in [3.8, 4) is 17.3 Å². The molecule has 7 nitrogen and oxygen atoms in total. The second-order valence-electron chi connectivity index (χ2n) is 13.0. The number of piperidine rings is 1. The van der Waals surface area contributed by atoms with Crippen LogP contribution in [0.3, 0.4) is 0 Å². The van der Waals surface area contributed by atoms with Gasteiger partial charge in [0.25, 0.3) is 0 Å². The summed E-state index contributed by atoms with van der Waals surface area (Å²) >= 11 is 0. The summed E-state index contributed by atoms with van der Waals surface area (Å²) in [6.45, 7) is 3.10. The fraction of sp³-hybridized carbons (Fsp3) is 0.514. The molecule has 3 fully saturated rings. The molecule has 1 unspecified atom stereocenters. The molecular weight excluding hydrogens is 598 g/mol. The van der Waals surface area contributed by atoms with E-state index in [1.807, 2.05) is 36.4 Å². The normalized spacial score (nSPS) is 20.1. The van der Waals surface area contributed by atoms with E-state index >= 15 is 4.39 Å². The molecule has 3 aliphatic rings. The highest BCUT2D eigenvalue weighted by Gasteiger charge is 2.45. The lowest BCUT2D eigenvalue weighted by molar-refractivity contribution is -0.176. The highest BCUT2D eigenvalue weighted by Crippen LogP contribution is 2.41. The number of anilines is 1. The molecule has 0 N–H and O–H groups in total. The zero-order valence-electron chi connectivity index (χ0n) is 26.1. The zero-order valence-corrected chi connectivity index (χ0v) is 26.1. The first-order chi connectivity index (χ1) is 22.3. The number of fused-ring (bicyclic) bond motifs is 3. The highest BCUT2D eigenvalue weighted by atomic mass is 19.4. The summed E-state index contributed by atoms with van der Waals surface area (Å²) in [6, 6.07) is 11.7. The van der Waals surface area contributed by atoms with Crippen LogP contribution in [0.5, 0.6) is 6.01 Å². The average molecular weight is 638 g/mol. The van der Waals surface area contributed by atoms with E-state index in [0.717, 1.165) is 68.0 Å². The third-order valence-corrected chi connectivity index (χ3v) is 10.1. The van der Waals surface area contributed by atoms with Gasteiger partial charge < -0.3 is 14.4 Å². The third-order valence-electron chi connectivity index (χ3n) is 10.1. The van der Waals surface area contributed by atoms with Gasteiger partial charge in [-0.3, -0.25) is 9.88 Å². The van der Waals surface area contributed by atoms with Gasteiger partial charge >= 0.3 is 12.2 Å². The number of ether oxygens (including phenoxy) is 2. The molecule has 3 aliphatic heterocycles. The first kappa shape index (κ1) is 31.1. The van der Waals surface area contributed by atoms with Gasteiger partial charge in [-0.2, -0.15) is 23.1 Å². The molecule has 0 saturated carbocycles. The van der Waals surface area contributed by atoms with E-state index in [1.54, 1.807) is 12.0 Å². The standard InChI is InChI=1S/C35H39F4N5O2/c1-45-19-5-11-24-9-2-8-23-10-3-13-26(28(23)24)30-29(36)31-27(20-40-30)32(43-16-4-12-25(21-43)35(37,38)39)42-33(41-31)46-22-34-14-6-17-44(34)18-7-15-34/h2-3,8-10,13,20,25H,4-7,11-12,14-19,21-22H2,1H3. The van der Waals surface area contributed by atoms with Gasteiger partial charge in [-0.15, -0.1) is 0 Å². The first-order valence-corrected chi connectivity index (χ1v) is 16.3. The molecule has 0 aliphatic carbocycles. The van der Waals surface area contributed by atoms with Gasteiger partial charge in [-0.25, -0.2) is 4.39 Å². The lowest BCUT2D eigenvalue weighted by Crippen LogP contribution is -2.44. The predicted molar refractivity (Wildman–Crippen MR) is 170 cm³/mol.